The van der Waals surface area contributed by atoms with Gasteiger partial charge in [-0.25, -0.2) is 0 Å². The molecule has 68 valence electrons. The summed E-state index contributed by atoms with van der Waals surface area (Å²) in [4.78, 5) is 0. The minimum absolute atomic E-state index is 0.132. The zero-order valence-corrected chi connectivity index (χ0v) is 7.42. The Balaban J connectivity index is 1.71. The number of fused-ring (bicyclic) bond motifs is 1. The van der Waals surface area contributed by atoms with E-state index < -0.39 is 0 Å². The number of hydrogen-bond acceptors (Lipinski definition) is 2. The largest absolute Gasteiger partial charge is 0.348 e. The molecule has 0 radical (unpaired) electrons. The van der Waals surface area contributed by atoms with Crippen LogP contribution in [0.25, 0.3) is 0 Å². The molecule has 1 heterocycles. The van der Waals surface area contributed by atoms with E-state index in [2.05, 4.69) is 0 Å². The SMILES string of the molecule is C1COC2(CCC3CC3CC2)O1. The summed E-state index contributed by atoms with van der Waals surface area (Å²) in [6.07, 6.45) is 6.45. The van der Waals surface area contributed by atoms with Gasteiger partial charge in [0, 0.05) is 12.8 Å². The molecule has 12 heavy (non-hydrogen) atoms. The molecule has 1 saturated heterocycles. The van der Waals surface area contributed by atoms with Crippen molar-refractivity contribution in [1.82, 2.24) is 0 Å². The molecular formula is C10H16O2. The minimum Gasteiger partial charge on any atom is -0.348 e. The van der Waals surface area contributed by atoms with Gasteiger partial charge in [0.25, 0.3) is 0 Å². The molecule has 0 aromatic rings. The molecule has 3 aliphatic rings. The van der Waals surface area contributed by atoms with Gasteiger partial charge in [0.2, 0.25) is 0 Å². The van der Waals surface area contributed by atoms with Gasteiger partial charge in [-0.3, -0.25) is 0 Å². The number of hydrogen-bond donors (Lipinski definition) is 0. The van der Waals surface area contributed by atoms with E-state index in [0.717, 1.165) is 37.9 Å². The number of rotatable bonds is 0. The first-order valence-corrected chi connectivity index (χ1v) is 5.16. The van der Waals surface area contributed by atoms with E-state index in [1.54, 1.807) is 0 Å². The maximum Gasteiger partial charge on any atom is 0.168 e. The fourth-order valence-corrected chi connectivity index (χ4v) is 2.74. The van der Waals surface area contributed by atoms with E-state index in [4.69, 9.17) is 9.47 Å². The van der Waals surface area contributed by atoms with Crippen LogP contribution >= 0.6 is 0 Å². The summed E-state index contributed by atoms with van der Waals surface area (Å²) in [6, 6.07) is 0. The Morgan fingerprint density at radius 2 is 1.50 bits per heavy atom. The van der Waals surface area contributed by atoms with Crippen LogP contribution in [-0.4, -0.2) is 19.0 Å². The molecule has 0 amide bonds. The summed E-state index contributed by atoms with van der Waals surface area (Å²) in [5, 5.41) is 0. The van der Waals surface area contributed by atoms with Gasteiger partial charge in [0.1, 0.15) is 0 Å². The zero-order valence-electron chi connectivity index (χ0n) is 7.42. The number of ether oxygens (including phenoxy) is 2. The van der Waals surface area contributed by atoms with Crippen molar-refractivity contribution in [2.75, 3.05) is 13.2 Å². The predicted octanol–water partition coefficient (Wildman–Crippen LogP) is 1.94. The van der Waals surface area contributed by atoms with Crippen molar-refractivity contribution in [3.63, 3.8) is 0 Å². The third-order valence-corrected chi connectivity index (χ3v) is 3.67. The lowest BCUT2D eigenvalue weighted by Crippen LogP contribution is -2.29. The second kappa shape index (κ2) is 2.46. The van der Waals surface area contributed by atoms with Gasteiger partial charge >= 0.3 is 0 Å². The van der Waals surface area contributed by atoms with E-state index in [-0.39, 0.29) is 5.79 Å². The molecule has 1 spiro atoms. The quantitative estimate of drug-likeness (QED) is 0.550. The van der Waals surface area contributed by atoms with Gasteiger partial charge in [0.15, 0.2) is 5.79 Å². The first kappa shape index (κ1) is 7.34. The highest BCUT2D eigenvalue weighted by Gasteiger charge is 2.46. The van der Waals surface area contributed by atoms with Crippen LogP contribution in [0.15, 0.2) is 0 Å². The van der Waals surface area contributed by atoms with Crippen LogP contribution in [0.2, 0.25) is 0 Å². The van der Waals surface area contributed by atoms with Gasteiger partial charge in [0.05, 0.1) is 13.2 Å². The highest BCUT2D eigenvalue weighted by molar-refractivity contribution is 4.93. The van der Waals surface area contributed by atoms with Crippen LogP contribution in [0, 0.1) is 11.8 Å². The average Bonchev–Trinajstić information content (AvgIpc) is 2.70. The molecule has 2 saturated carbocycles. The lowest BCUT2D eigenvalue weighted by Gasteiger charge is -2.25. The summed E-state index contributed by atoms with van der Waals surface area (Å²) < 4.78 is 11.4. The van der Waals surface area contributed by atoms with E-state index in [0.29, 0.717) is 0 Å². The van der Waals surface area contributed by atoms with Gasteiger partial charge in [-0.2, -0.15) is 0 Å². The molecule has 2 aliphatic carbocycles. The topological polar surface area (TPSA) is 18.5 Å². The molecular weight excluding hydrogens is 152 g/mol. The van der Waals surface area contributed by atoms with E-state index >= 15 is 0 Å². The van der Waals surface area contributed by atoms with Crippen LogP contribution in [0.4, 0.5) is 0 Å². The Labute approximate surface area is 73.2 Å². The summed E-state index contributed by atoms with van der Waals surface area (Å²) in [5.41, 5.74) is 0. The summed E-state index contributed by atoms with van der Waals surface area (Å²) in [6.45, 7) is 1.63. The van der Waals surface area contributed by atoms with Crippen LogP contribution in [0.1, 0.15) is 32.1 Å². The lowest BCUT2D eigenvalue weighted by molar-refractivity contribution is -0.166. The summed E-state index contributed by atoms with van der Waals surface area (Å²) >= 11 is 0. The third-order valence-electron chi connectivity index (χ3n) is 3.67. The molecule has 1 aliphatic heterocycles. The molecule has 0 N–H and O–H groups in total. The van der Waals surface area contributed by atoms with Crippen LogP contribution in [0.5, 0.6) is 0 Å². The first-order chi connectivity index (χ1) is 5.88. The van der Waals surface area contributed by atoms with Crippen LogP contribution < -0.4 is 0 Å². The van der Waals surface area contributed by atoms with Gasteiger partial charge in [-0.15, -0.1) is 0 Å². The maximum absolute atomic E-state index is 5.71. The molecule has 3 rings (SSSR count). The highest BCUT2D eigenvalue weighted by atomic mass is 16.7. The fourth-order valence-electron chi connectivity index (χ4n) is 2.74. The lowest BCUT2D eigenvalue weighted by atomic mass is 10.1. The minimum atomic E-state index is -0.132. The molecule has 2 nitrogen and oxygen atoms in total. The van der Waals surface area contributed by atoms with Crippen molar-refractivity contribution in [2.24, 2.45) is 11.8 Å². The molecule has 3 fully saturated rings. The Hall–Kier alpha value is -0.0800. The van der Waals surface area contributed by atoms with Gasteiger partial charge < -0.3 is 9.47 Å². The Kier molecular flexibility index (Phi) is 1.50. The van der Waals surface area contributed by atoms with Crippen molar-refractivity contribution >= 4 is 0 Å². The Bertz CT molecular complexity index is 170. The van der Waals surface area contributed by atoms with Crippen LogP contribution in [-0.2, 0) is 9.47 Å². The van der Waals surface area contributed by atoms with Gasteiger partial charge in [-0.1, -0.05) is 0 Å². The molecule has 2 heteroatoms. The Morgan fingerprint density at radius 1 is 0.917 bits per heavy atom. The van der Waals surface area contributed by atoms with Crippen molar-refractivity contribution in [2.45, 2.75) is 37.9 Å². The summed E-state index contributed by atoms with van der Waals surface area (Å²) in [7, 11) is 0. The predicted molar refractivity (Wildman–Crippen MR) is 44.7 cm³/mol. The van der Waals surface area contributed by atoms with Crippen molar-refractivity contribution < 1.29 is 9.47 Å². The van der Waals surface area contributed by atoms with Crippen molar-refractivity contribution in [3.05, 3.63) is 0 Å². The smallest absolute Gasteiger partial charge is 0.168 e. The monoisotopic (exact) mass is 168 g/mol. The maximum atomic E-state index is 5.71. The molecule has 2 atom stereocenters. The van der Waals surface area contributed by atoms with E-state index in [1.807, 2.05) is 0 Å². The second-order valence-corrected chi connectivity index (χ2v) is 4.44. The average molecular weight is 168 g/mol. The molecule has 2 unspecified atom stereocenters. The summed E-state index contributed by atoms with van der Waals surface area (Å²) in [5.74, 6) is 1.92. The third kappa shape index (κ3) is 1.09. The fraction of sp³-hybridized carbons (Fsp3) is 1.00. The van der Waals surface area contributed by atoms with E-state index in [9.17, 15) is 0 Å². The zero-order chi connectivity index (χ0) is 8.02. The van der Waals surface area contributed by atoms with E-state index in [1.165, 1.54) is 19.3 Å². The second-order valence-electron chi connectivity index (χ2n) is 4.44. The van der Waals surface area contributed by atoms with Gasteiger partial charge in [-0.05, 0) is 31.1 Å². The van der Waals surface area contributed by atoms with Crippen molar-refractivity contribution in [3.8, 4) is 0 Å². The molecule has 0 bridgehead atoms. The Morgan fingerprint density at radius 3 is 2.08 bits per heavy atom. The first-order valence-electron chi connectivity index (χ1n) is 5.16. The highest BCUT2D eigenvalue weighted by Crippen LogP contribution is 2.51. The normalized spacial score (nSPS) is 44.0. The van der Waals surface area contributed by atoms with Crippen LogP contribution in [0.3, 0.4) is 0 Å². The standard InChI is InChI=1S/C10H16O2/c1-3-10(11-5-6-12-10)4-2-9-7-8(1)9/h8-9H,1-7H2. The van der Waals surface area contributed by atoms with Crippen molar-refractivity contribution in [1.29, 1.82) is 0 Å². The molecule has 0 aromatic heterocycles. The molecule has 0 aromatic carbocycles.